The maximum Gasteiger partial charge on any atom is 2.00 e. The van der Waals surface area contributed by atoms with Crippen molar-refractivity contribution < 1.29 is 35.0 Å². The van der Waals surface area contributed by atoms with Gasteiger partial charge in [-0.25, -0.2) is 0 Å². The molecule has 0 aliphatic rings. The summed E-state index contributed by atoms with van der Waals surface area (Å²) in [6, 6.07) is 0. The molecule has 174 valence electrons. The van der Waals surface area contributed by atoms with Crippen molar-refractivity contribution in [1.29, 1.82) is 0 Å². The Hall–Kier alpha value is 0.604. The van der Waals surface area contributed by atoms with Crippen molar-refractivity contribution in [3.63, 3.8) is 0 Å². The summed E-state index contributed by atoms with van der Waals surface area (Å²) in [5, 5.41) is 0. The molecule has 4 nitrogen and oxygen atoms in total. The van der Waals surface area contributed by atoms with Gasteiger partial charge in [0.15, 0.2) is 0 Å². The van der Waals surface area contributed by atoms with Crippen molar-refractivity contribution in [3.05, 3.63) is 6.92 Å². The molecule has 2 unspecified atom stereocenters. The Balaban J connectivity index is -0.000000771. The first-order valence-corrected chi connectivity index (χ1v) is 12.8. The van der Waals surface area contributed by atoms with Gasteiger partial charge in [0.2, 0.25) is 0 Å². The second kappa shape index (κ2) is 23.9. The predicted molar refractivity (Wildman–Crippen MR) is 116 cm³/mol. The molecule has 0 N–H and O–H groups in total. The van der Waals surface area contributed by atoms with Gasteiger partial charge in [-0.15, -0.1) is 0 Å². The topological polar surface area (TPSA) is 58.6 Å². The van der Waals surface area contributed by atoms with E-state index in [4.69, 9.17) is 9.05 Å². The number of phosphoric acid groups is 1. The van der Waals surface area contributed by atoms with Crippen molar-refractivity contribution >= 4 is 7.82 Å². The van der Waals surface area contributed by atoms with E-state index >= 15 is 0 Å². The van der Waals surface area contributed by atoms with Crippen LogP contribution >= 0.6 is 7.82 Å². The Morgan fingerprint density at radius 3 is 1.43 bits per heavy atom. The normalized spacial score (nSPS) is 15.0. The molecule has 0 fully saturated rings. The molecule has 0 bridgehead atoms. The predicted octanol–water partition coefficient (Wildman–Crippen LogP) is 7.32. The Labute approximate surface area is 186 Å². The smallest absolute Gasteiger partial charge is 0.756 e. The van der Waals surface area contributed by atoms with Crippen LogP contribution in [0.2, 0.25) is 0 Å². The van der Waals surface area contributed by atoms with Gasteiger partial charge >= 0.3 is 16.5 Å². The maximum atomic E-state index is 11.8. The molecule has 0 aromatic carbocycles. The second-order valence-electron chi connectivity index (χ2n) is 7.43. The average Bonchev–Trinajstić information content (AvgIpc) is 2.67. The molecule has 6 heteroatoms. The Kier molecular flexibility index (Phi) is 28.4. The van der Waals surface area contributed by atoms with E-state index in [9.17, 15) is 9.46 Å². The van der Waals surface area contributed by atoms with Crippen LogP contribution in [0.4, 0.5) is 0 Å². The zero-order valence-corrected chi connectivity index (χ0v) is 21.0. The van der Waals surface area contributed by atoms with E-state index in [0.29, 0.717) is 11.8 Å². The second-order valence-corrected chi connectivity index (χ2v) is 8.84. The molecule has 0 aromatic rings. The molecule has 0 saturated heterocycles. The third-order valence-corrected chi connectivity index (χ3v) is 5.81. The largest absolute Gasteiger partial charge is 2.00 e. The van der Waals surface area contributed by atoms with E-state index in [-0.39, 0.29) is 29.7 Å². The fraction of sp³-hybridized carbons (Fsp3) is 0.955. The van der Waals surface area contributed by atoms with Gasteiger partial charge < -0.3 is 20.9 Å². The van der Waals surface area contributed by atoms with Crippen LogP contribution in [0.3, 0.4) is 0 Å². The summed E-state index contributed by atoms with van der Waals surface area (Å²) in [4.78, 5) is 11.8. The van der Waals surface area contributed by atoms with Crippen molar-refractivity contribution in [2.45, 2.75) is 112 Å². The SMILES string of the molecule is CCCCC(CC)COP(=O)([O-])OCC(CC)CCCC.[CH2-]CCCCC.[Ni+2]. The van der Waals surface area contributed by atoms with Crippen molar-refractivity contribution in [1.82, 2.24) is 0 Å². The minimum absolute atomic E-state index is 0. The van der Waals surface area contributed by atoms with Crippen molar-refractivity contribution in [2.75, 3.05) is 13.2 Å². The first-order valence-electron chi connectivity index (χ1n) is 11.3. The van der Waals surface area contributed by atoms with E-state index in [0.717, 1.165) is 57.8 Å². The van der Waals surface area contributed by atoms with E-state index in [1.807, 2.05) is 0 Å². The van der Waals surface area contributed by atoms with Gasteiger partial charge in [0.1, 0.15) is 0 Å². The molecule has 0 rings (SSSR count). The number of rotatable bonds is 17. The van der Waals surface area contributed by atoms with E-state index < -0.39 is 7.82 Å². The summed E-state index contributed by atoms with van der Waals surface area (Å²) in [5.74, 6) is 0.607. The van der Waals surface area contributed by atoms with Crippen LogP contribution in [0, 0.1) is 18.8 Å². The summed E-state index contributed by atoms with van der Waals surface area (Å²) in [6.07, 6.45) is 13.4. The fourth-order valence-corrected chi connectivity index (χ4v) is 3.51. The Morgan fingerprint density at radius 2 is 1.18 bits per heavy atom. The molecule has 0 aliphatic carbocycles. The Bertz CT molecular complexity index is 314. The standard InChI is InChI=1S/C16H35O4P.C6H13.Ni/c1-5-9-11-15(7-3)13-19-21(17,18)20-14-16(8-4)12-10-6-2;1-3-5-6-4-2;/h15-16H,5-14H2,1-4H3,(H,17,18);1,3-6H2,2H3;/q;-1;+2/p-1. The quantitative estimate of drug-likeness (QED) is 0.0978. The molecule has 0 aliphatic heterocycles. The summed E-state index contributed by atoms with van der Waals surface area (Å²) < 4.78 is 21.9. The van der Waals surface area contributed by atoms with Crippen molar-refractivity contribution in [3.8, 4) is 0 Å². The van der Waals surface area contributed by atoms with Crippen molar-refractivity contribution in [2.24, 2.45) is 11.8 Å². The van der Waals surface area contributed by atoms with Crippen LogP contribution in [0.25, 0.3) is 0 Å². The number of hydrogen-bond acceptors (Lipinski definition) is 4. The molecule has 0 spiro atoms. The van der Waals surface area contributed by atoms with E-state index in [2.05, 4.69) is 41.5 Å². The monoisotopic (exact) mass is 464 g/mol. The number of unbranched alkanes of at least 4 members (excludes halogenated alkanes) is 5. The first kappa shape index (κ1) is 33.2. The van der Waals surface area contributed by atoms with Crippen LogP contribution in [-0.2, 0) is 30.1 Å². The van der Waals surface area contributed by atoms with Gasteiger partial charge in [-0.05, 0) is 24.7 Å². The average molecular weight is 465 g/mol. The molecule has 0 amide bonds. The van der Waals surface area contributed by atoms with Crippen LogP contribution in [-0.4, -0.2) is 13.2 Å². The van der Waals surface area contributed by atoms with Crippen LogP contribution in [0.15, 0.2) is 0 Å². The minimum atomic E-state index is -4.14. The van der Waals surface area contributed by atoms with Crippen LogP contribution < -0.4 is 4.89 Å². The third-order valence-electron chi connectivity index (χ3n) is 4.88. The third kappa shape index (κ3) is 22.9. The number of phosphoric ester groups is 1. The van der Waals surface area contributed by atoms with Gasteiger partial charge in [0.05, 0.1) is 13.2 Å². The summed E-state index contributed by atoms with van der Waals surface area (Å²) >= 11 is 0. The molecule has 0 heterocycles. The molecule has 0 aromatic heterocycles. The summed E-state index contributed by atoms with van der Waals surface area (Å²) in [5.41, 5.74) is 0. The van der Waals surface area contributed by atoms with E-state index in [1.165, 1.54) is 19.3 Å². The molecule has 0 radical (unpaired) electrons. The maximum absolute atomic E-state index is 11.8. The van der Waals surface area contributed by atoms with Gasteiger partial charge in [-0.1, -0.05) is 92.4 Å². The fourth-order valence-electron chi connectivity index (χ4n) is 2.65. The minimum Gasteiger partial charge on any atom is -0.756 e. The zero-order valence-electron chi connectivity index (χ0n) is 19.2. The molecular formula is C22H47NiO4P. The van der Waals surface area contributed by atoms with Gasteiger partial charge in [-0.3, -0.25) is 4.57 Å². The molecule has 0 saturated carbocycles. The van der Waals surface area contributed by atoms with E-state index in [1.54, 1.807) is 0 Å². The molecular weight excluding hydrogens is 418 g/mol. The van der Waals surface area contributed by atoms with Gasteiger partial charge in [-0.2, -0.15) is 6.42 Å². The van der Waals surface area contributed by atoms with Crippen LogP contribution in [0.5, 0.6) is 0 Å². The van der Waals surface area contributed by atoms with Gasteiger partial charge in [0, 0.05) is 0 Å². The summed E-state index contributed by atoms with van der Waals surface area (Å²) in [6.45, 7) is 14.8. The summed E-state index contributed by atoms with van der Waals surface area (Å²) in [7, 11) is -4.14. The van der Waals surface area contributed by atoms with Gasteiger partial charge in [0.25, 0.3) is 7.82 Å². The zero-order chi connectivity index (χ0) is 21.0. The first-order chi connectivity index (χ1) is 12.9. The molecule has 28 heavy (non-hydrogen) atoms. The Morgan fingerprint density at radius 1 is 0.786 bits per heavy atom. The van der Waals surface area contributed by atoms with Crippen LogP contribution in [0.1, 0.15) is 112 Å². The molecule has 2 atom stereocenters. The number of hydrogen-bond donors (Lipinski definition) is 0.